The van der Waals surface area contributed by atoms with E-state index in [0.717, 1.165) is 44.0 Å². The van der Waals surface area contributed by atoms with Gasteiger partial charge in [0, 0.05) is 73.6 Å². The summed E-state index contributed by atoms with van der Waals surface area (Å²) in [6.07, 6.45) is 0.856. The van der Waals surface area contributed by atoms with E-state index in [1.54, 1.807) is 0 Å². The molecule has 2 saturated heterocycles. The van der Waals surface area contributed by atoms with Crippen LogP contribution in [0.5, 0.6) is 0 Å². The molecule has 24 heavy (non-hydrogen) atoms. The number of piperazine rings is 1. The highest BCUT2D eigenvalue weighted by Crippen LogP contribution is 2.24. The van der Waals surface area contributed by atoms with Crippen molar-refractivity contribution >= 4 is 23.5 Å². The molecule has 1 N–H and O–H groups in total. The number of aromatic nitrogens is 1. The second-order valence-electron chi connectivity index (χ2n) is 6.71. The summed E-state index contributed by atoms with van der Waals surface area (Å²) in [6.45, 7) is 6.51. The summed E-state index contributed by atoms with van der Waals surface area (Å²) in [5.41, 5.74) is 2.23. The van der Waals surface area contributed by atoms with Gasteiger partial charge in [0.25, 0.3) is 0 Å². The number of thioether (sulfide) groups is 2. The summed E-state index contributed by atoms with van der Waals surface area (Å²) in [5.74, 6) is 5.11. The van der Waals surface area contributed by atoms with Crippen molar-refractivity contribution in [1.29, 1.82) is 0 Å². The van der Waals surface area contributed by atoms with E-state index in [9.17, 15) is 5.11 Å². The molecule has 3 rings (SSSR count). The molecular formula is C18H29N3OS2. The molecule has 1 aromatic rings. The number of aryl methyl sites for hydroxylation is 1. The number of aliphatic hydroxyl groups excluding tert-OH is 1. The highest BCUT2D eigenvalue weighted by atomic mass is 32.2. The zero-order valence-electron chi connectivity index (χ0n) is 14.6. The van der Waals surface area contributed by atoms with Crippen molar-refractivity contribution in [3.63, 3.8) is 0 Å². The molecule has 0 aromatic carbocycles. The Labute approximate surface area is 154 Å². The molecule has 1 aromatic heterocycles. The van der Waals surface area contributed by atoms with Gasteiger partial charge in [0.05, 0.1) is 5.69 Å². The summed E-state index contributed by atoms with van der Waals surface area (Å²) in [5, 5.41) is 9.52. The molecule has 0 spiro atoms. The molecule has 3 heterocycles. The van der Waals surface area contributed by atoms with Crippen molar-refractivity contribution in [3.05, 3.63) is 29.6 Å². The molecule has 0 bridgehead atoms. The second kappa shape index (κ2) is 9.43. The first-order valence-corrected chi connectivity index (χ1v) is 11.2. The van der Waals surface area contributed by atoms with Crippen LogP contribution in [0.25, 0.3) is 0 Å². The number of hydrogen-bond donors (Lipinski definition) is 1. The van der Waals surface area contributed by atoms with Crippen LogP contribution in [0.1, 0.15) is 17.8 Å². The van der Waals surface area contributed by atoms with Crippen LogP contribution in [0.4, 0.5) is 0 Å². The van der Waals surface area contributed by atoms with Crippen molar-refractivity contribution < 1.29 is 5.11 Å². The van der Waals surface area contributed by atoms with Crippen molar-refractivity contribution in [2.24, 2.45) is 0 Å². The van der Waals surface area contributed by atoms with E-state index >= 15 is 0 Å². The summed E-state index contributed by atoms with van der Waals surface area (Å²) >= 11 is 4.20. The summed E-state index contributed by atoms with van der Waals surface area (Å²) < 4.78 is 0. The molecule has 1 atom stereocenters. The van der Waals surface area contributed by atoms with Gasteiger partial charge in [-0.25, -0.2) is 0 Å². The van der Waals surface area contributed by atoms with E-state index in [1.807, 2.05) is 13.0 Å². The van der Waals surface area contributed by atoms with Gasteiger partial charge in [0.2, 0.25) is 0 Å². The Morgan fingerprint density at radius 1 is 1.21 bits per heavy atom. The summed E-state index contributed by atoms with van der Waals surface area (Å²) in [7, 11) is 0. The number of aliphatic hydroxyl groups is 1. The Bertz CT molecular complexity index is 509. The number of rotatable bonds is 5. The maximum Gasteiger partial charge on any atom is 0.0547 e. The Hall–Kier alpha value is -0.270. The van der Waals surface area contributed by atoms with E-state index in [-0.39, 0.29) is 6.61 Å². The van der Waals surface area contributed by atoms with Gasteiger partial charge < -0.3 is 5.11 Å². The zero-order chi connectivity index (χ0) is 16.8. The molecule has 0 amide bonds. The molecule has 0 radical (unpaired) electrons. The quantitative estimate of drug-likeness (QED) is 0.859. The Morgan fingerprint density at radius 3 is 2.71 bits per heavy atom. The maximum atomic E-state index is 9.52. The van der Waals surface area contributed by atoms with Gasteiger partial charge in [-0.2, -0.15) is 23.5 Å². The molecule has 0 saturated carbocycles. The molecule has 2 aliphatic heterocycles. The Kier molecular flexibility index (Phi) is 7.28. The first kappa shape index (κ1) is 18.5. The van der Waals surface area contributed by atoms with Crippen molar-refractivity contribution in [3.8, 4) is 0 Å². The lowest BCUT2D eigenvalue weighted by Gasteiger charge is -2.44. The van der Waals surface area contributed by atoms with Crippen LogP contribution in [0.15, 0.2) is 18.2 Å². The standard InChI is InChI=1S/C18H29N3OS2/c1-15-3-2-4-16(19-15)11-20-6-7-21(12-17(20)5-8-22)18-13-23-9-10-24-14-18/h2-4,17-18,22H,5-14H2,1H3. The van der Waals surface area contributed by atoms with Gasteiger partial charge in [-0.1, -0.05) is 6.07 Å². The molecule has 0 aliphatic carbocycles. The largest absolute Gasteiger partial charge is 0.396 e. The van der Waals surface area contributed by atoms with Crippen molar-refractivity contribution in [1.82, 2.24) is 14.8 Å². The van der Waals surface area contributed by atoms with Gasteiger partial charge in [-0.15, -0.1) is 0 Å². The van der Waals surface area contributed by atoms with E-state index in [0.29, 0.717) is 12.1 Å². The first-order valence-electron chi connectivity index (χ1n) is 8.93. The third kappa shape index (κ3) is 5.11. The SMILES string of the molecule is Cc1cccc(CN2CCN(C3CSCCSC3)CC2CCO)n1. The fourth-order valence-corrected chi connectivity index (χ4v) is 6.22. The van der Waals surface area contributed by atoms with Crippen LogP contribution < -0.4 is 0 Å². The Morgan fingerprint density at radius 2 is 2.00 bits per heavy atom. The Balaban J connectivity index is 1.62. The lowest BCUT2D eigenvalue weighted by atomic mass is 10.1. The predicted octanol–water partition coefficient (Wildman–Crippen LogP) is 2.11. The van der Waals surface area contributed by atoms with Crippen LogP contribution in [-0.2, 0) is 6.54 Å². The first-order chi connectivity index (χ1) is 11.8. The van der Waals surface area contributed by atoms with Crippen LogP contribution in [0.2, 0.25) is 0 Å². The van der Waals surface area contributed by atoms with E-state index in [4.69, 9.17) is 0 Å². The highest BCUT2D eigenvalue weighted by molar-refractivity contribution is 8.03. The number of pyridine rings is 1. The normalized spacial score (nSPS) is 24.8. The second-order valence-corrected chi connectivity index (χ2v) is 9.01. The summed E-state index contributed by atoms with van der Waals surface area (Å²) in [4.78, 5) is 9.85. The topological polar surface area (TPSA) is 39.6 Å². The summed E-state index contributed by atoms with van der Waals surface area (Å²) in [6, 6.07) is 7.39. The fraction of sp³-hybridized carbons (Fsp3) is 0.722. The van der Waals surface area contributed by atoms with E-state index < -0.39 is 0 Å². The molecular weight excluding hydrogens is 338 g/mol. The van der Waals surface area contributed by atoms with Crippen LogP contribution in [0.3, 0.4) is 0 Å². The molecule has 4 nitrogen and oxygen atoms in total. The van der Waals surface area contributed by atoms with E-state index in [2.05, 4.69) is 50.4 Å². The third-order valence-electron chi connectivity index (χ3n) is 4.92. The highest BCUT2D eigenvalue weighted by Gasteiger charge is 2.31. The lowest BCUT2D eigenvalue weighted by Crippen LogP contribution is -2.56. The average molecular weight is 368 g/mol. The minimum atomic E-state index is 0.268. The molecule has 134 valence electrons. The predicted molar refractivity (Wildman–Crippen MR) is 105 cm³/mol. The van der Waals surface area contributed by atoms with Crippen LogP contribution >= 0.6 is 23.5 Å². The fourth-order valence-electron chi connectivity index (χ4n) is 3.59. The van der Waals surface area contributed by atoms with Crippen LogP contribution in [-0.4, -0.2) is 81.2 Å². The maximum absolute atomic E-state index is 9.52. The van der Waals surface area contributed by atoms with Gasteiger partial charge in [0.15, 0.2) is 0 Å². The minimum absolute atomic E-state index is 0.268. The lowest BCUT2D eigenvalue weighted by molar-refractivity contribution is 0.0400. The smallest absolute Gasteiger partial charge is 0.0547 e. The van der Waals surface area contributed by atoms with Gasteiger partial charge in [-0.3, -0.25) is 14.8 Å². The van der Waals surface area contributed by atoms with Crippen molar-refractivity contribution in [2.75, 3.05) is 49.3 Å². The van der Waals surface area contributed by atoms with Crippen LogP contribution in [0, 0.1) is 6.92 Å². The van der Waals surface area contributed by atoms with E-state index in [1.165, 1.54) is 23.0 Å². The zero-order valence-corrected chi connectivity index (χ0v) is 16.2. The van der Waals surface area contributed by atoms with Gasteiger partial charge in [0.1, 0.15) is 0 Å². The van der Waals surface area contributed by atoms with Gasteiger partial charge in [-0.05, 0) is 25.5 Å². The number of nitrogens with zero attached hydrogens (tertiary/aromatic N) is 3. The molecule has 2 fully saturated rings. The minimum Gasteiger partial charge on any atom is -0.396 e. The molecule has 2 aliphatic rings. The molecule has 1 unspecified atom stereocenters. The monoisotopic (exact) mass is 367 g/mol. The number of hydrogen-bond acceptors (Lipinski definition) is 6. The van der Waals surface area contributed by atoms with Gasteiger partial charge >= 0.3 is 0 Å². The van der Waals surface area contributed by atoms with Crippen molar-refractivity contribution in [2.45, 2.75) is 32.0 Å². The molecule has 6 heteroatoms. The average Bonchev–Trinajstić information content (AvgIpc) is 2.86. The third-order valence-corrected chi connectivity index (χ3v) is 7.40.